The van der Waals surface area contributed by atoms with Gasteiger partial charge in [0.15, 0.2) is 17.3 Å². The van der Waals surface area contributed by atoms with E-state index in [1.54, 1.807) is 24.3 Å². The molecule has 0 radical (unpaired) electrons. The quantitative estimate of drug-likeness (QED) is 0.727. The number of amides is 2. The molecule has 0 saturated heterocycles. The number of aryl methyl sites for hydroxylation is 1. The van der Waals surface area contributed by atoms with E-state index in [9.17, 15) is 23.2 Å². The van der Waals surface area contributed by atoms with Crippen molar-refractivity contribution < 1.29 is 18.4 Å². The Kier molecular flexibility index (Phi) is 4.93. The standard InChI is InChI=1S/C18H14F2N4O3/c1-24-18(27)12-5-3-2-4-11(12)16(23-24)17(26)21-9-15(25)22-10-6-7-13(19)14(20)8-10/h2-8H,9H2,1H3,(H,21,26)(H,22,25). The number of aromatic nitrogens is 2. The van der Waals surface area contributed by atoms with Crippen LogP contribution in [0.15, 0.2) is 47.3 Å². The van der Waals surface area contributed by atoms with Crippen LogP contribution < -0.4 is 16.2 Å². The molecule has 3 rings (SSSR count). The molecule has 0 aliphatic heterocycles. The molecule has 3 aromatic rings. The Morgan fingerprint density at radius 2 is 1.78 bits per heavy atom. The Morgan fingerprint density at radius 3 is 2.48 bits per heavy atom. The molecule has 0 fully saturated rings. The maximum Gasteiger partial charge on any atom is 0.274 e. The van der Waals surface area contributed by atoms with Crippen molar-refractivity contribution in [1.82, 2.24) is 15.1 Å². The SMILES string of the molecule is Cn1nc(C(=O)NCC(=O)Nc2ccc(F)c(F)c2)c2ccccc2c1=O. The zero-order valence-electron chi connectivity index (χ0n) is 14.1. The van der Waals surface area contributed by atoms with Crippen LogP contribution in [0.4, 0.5) is 14.5 Å². The molecule has 2 amide bonds. The van der Waals surface area contributed by atoms with E-state index >= 15 is 0 Å². The molecular weight excluding hydrogens is 358 g/mol. The lowest BCUT2D eigenvalue weighted by atomic mass is 10.1. The number of fused-ring (bicyclic) bond motifs is 1. The minimum absolute atomic E-state index is 0.00618. The molecule has 0 aliphatic rings. The van der Waals surface area contributed by atoms with Crippen LogP contribution >= 0.6 is 0 Å². The largest absolute Gasteiger partial charge is 0.342 e. The summed E-state index contributed by atoms with van der Waals surface area (Å²) in [5.74, 6) is -3.42. The van der Waals surface area contributed by atoms with Crippen molar-refractivity contribution in [2.45, 2.75) is 0 Å². The Labute approximate surface area is 151 Å². The van der Waals surface area contributed by atoms with E-state index in [0.29, 0.717) is 10.8 Å². The molecule has 0 bridgehead atoms. The second-order valence-corrected chi connectivity index (χ2v) is 5.68. The van der Waals surface area contributed by atoms with E-state index in [2.05, 4.69) is 15.7 Å². The summed E-state index contributed by atoms with van der Waals surface area (Å²) >= 11 is 0. The lowest BCUT2D eigenvalue weighted by molar-refractivity contribution is -0.115. The molecule has 1 aromatic heterocycles. The Morgan fingerprint density at radius 1 is 1.07 bits per heavy atom. The van der Waals surface area contributed by atoms with Crippen LogP contribution in [0.1, 0.15) is 10.5 Å². The van der Waals surface area contributed by atoms with E-state index in [4.69, 9.17) is 0 Å². The van der Waals surface area contributed by atoms with Gasteiger partial charge < -0.3 is 10.6 Å². The Hall–Kier alpha value is -3.62. The third-order valence-electron chi connectivity index (χ3n) is 3.78. The van der Waals surface area contributed by atoms with Gasteiger partial charge in [-0.15, -0.1) is 0 Å². The minimum Gasteiger partial charge on any atom is -0.342 e. The van der Waals surface area contributed by atoms with Crippen LogP contribution in [-0.2, 0) is 11.8 Å². The van der Waals surface area contributed by atoms with Crippen LogP contribution in [0.3, 0.4) is 0 Å². The normalized spacial score (nSPS) is 10.6. The fraction of sp³-hybridized carbons (Fsp3) is 0.111. The molecule has 2 N–H and O–H groups in total. The fourth-order valence-corrected chi connectivity index (χ4v) is 2.49. The van der Waals surface area contributed by atoms with Crippen molar-refractivity contribution in [3.05, 3.63) is 70.1 Å². The van der Waals surface area contributed by atoms with Gasteiger partial charge in [-0.2, -0.15) is 5.10 Å². The second kappa shape index (κ2) is 7.32. The number of hydrogen-bond donors (Lipinski definition) is 2. The number of anilines is 1. The highest BCUT2D eigenvalue weighted by Gasteiger charge is 2.16. The van der Waals surface area contributed by atoms with Crippen LogP contribution in [0.25, 0.3) is 10.8 Å². The first-order valence-corrected chi connectivity index (χ1v) is 7.86. The molecule has 9 heteroatoms. The van der Waals surface area contributed by atoms with Gasteiger partial charge in [-0.05, 0) is 18.2 Å². The highest BCUT2D eigenvalue weighted by molar-refractivity contribution is 6.06. The molecule has 2 aromatic carbocycles. The number of nitrogens with zero attached hydrogens (tertiary/aromatic N) is 2. The van der Waals surface area contributed by atoms with Gasteiger partial charge in [0.1, 0.15) is 0 Å². The minimum atomic E-state index is -1.10. The average molecular weight is 372 g/mol. The molecule has 27 heavy (non-hydrogen) atoms. The van der Waals surface area contributed by atoms with E-state index in [0.717, 1.165) is 16.8 Å². The van der Waals surface area contributed by atoms with Gasteiger partial charge in [-0.3, -0.25) is 14.4 Å². The molecule has 7 nitrogen and oxygen atoms in total. The lowest BCUT2D eigenvalue weighted by Gasteiger charge is -2.09. The van der Waals surface area contributed by atoms with Crippen molar-refractivity contribution in [2.75, 3.05) is 11.9 Å². The number of carbonyl (C=O) groups is 2. The number of rotatable bonds is 4. The molecule has 1 heterocycles. The van der Waals surface area contributed by atoms with Gasteiger partial charge >= 0.3 is 0 Å². The smallest absolute Gasteiger partial charge is 0.274 e. The van der Waals surface area contributed by atoms with E-state index in [-0.39, 0.29) is 16.9 Å². The van der Waals surface area contributed by atoms with Crippen LogP contribution in [0.5, 0.6) is 0 Å². The highest BCUT2D eigenvalue weighted by Crippen LogP contribution is 2.14. The Bertz CT molecular complexity index is 1110. The first-order chi connectivity index (χ1) is 12.9. The van der Waals surface area contributed by atoms with Gasteiger partial charge in [0.05, 0.1) is 11.9 Å². The first-order valence-electron chi connectivity index (χ1n) is 7.86. The maximum atomic E-state index is 13.2. The van der Waals surface area contributed by atoms with Crippen LogP contribution in [-0.4, -0.2) is 28.1 Å². The summed E-state index contributed by atoms with van der Waals surface area (Å²) in [4.78, 5) is 36.4. The molecule has 0 aliphatic carbocycles. The van der Waals surface area contributed by atoms with Gasteiger partial charge in [0, 0.05) is 24.2 Å². The summed E-state index contributed by atoms with van der Waals surface area (Å²) in [6, 6.07) is 9.39. The van der Waals surface area contributed by atoms with Crippen LogP contribution in [0.2, 0.25) is 0 Å². The third kappa shape index (κ3) is 3.81. The lowest BCUT2D eigenvalue weighted by Crippen LogP contribution is -2.35. The molecule has 138 valence electrons. The van der Waals surface area contributed by atoms with Crippen molar-refractivity contribution in [3.8, 4) is 0 Å². The number of carbonyl (C=O) groups excluding carboxylic acids is 2. The van der Waals surface area contributed by atoms with Gasteiger partial charge in [0.25, 0.3) is 11.5 Å². The predicted molar refractivity (Wildman–Crippen MR) is 94.3 cm³/mol. The van der Waals surface area contributed by atoms with Gasteiger partial charge in [-0.25, -0.2) is 13.5 Å². The van der Waals surface area contributed by atoms with Crippen molar-refractivity contribution in [2.24, 2.45) is 7.05 Å². The van der Waals surface area contributed by atoms with E-state index in [1.807, 2.05) is 0 Å². The number of nitrogens with one attached hydrogen (secondary N) is 2. The monoisotopic (exact) mass is 372 g/mol. The summed E-state index contributed by atoms with van der Waals surface area (Å²) in [6.07, 6.45) is 0. The Balaban J connectivity index is 1.73. The van der Waals surface area contributed by atoms with E-state index < -0.39 is 30.0 Å². The molecular formula is C18H14F2N4O3. The summed E-state index contributed by atoms with van der Waals surface area (Å²) < 4.78 is 27.1. The highest BCUT2D eigenvalue weighted by atomic mass is 19.2. The molecule has 0 unspecified atom stereocenters. The molecule has 0 saturated carbocycles. The summed E-state index contributed by atoms with van der Waals surface area (Å²) in [6.45, 7) is -0.420. The number of hydrogen-bond acceptors (Lipinski definition) is 4. The van der Waals surface area contributed by atoms with Crippen molar-refractivity contribution in [1.29, 1.82) is 0 Å². The van der Waals surface area contributed by atoms with Crippen molar-refractivity contribution >= 4 is 28.3 Å². The first kappa shape index (κ1) is 18.2. The second-order valence-electron chi connectivity index (χ2n) is 5.68. The zero-order chi connectivity index (χ0) is 19.6. The van der Waals surface area contributed by atoms with Crippen LogP contribution in [0, 0.1) is 11.6 Å². The maximum absolute atomic E-state index is 13.2. The average Bonchev–Trinajstić information content (AvgIpc) is 2.66. The van der Waals surface area contributed by atoms with Crippen molar-refractivity contribution in [3.63, 3.8) is 0 Å². The van der Waals surface area contributed by atoms with E-state index in [1.165, 1.54) is 13.1 Å². The summed E-state index contributed by atoms with van der Waals surface area (Å²) in [5, 5.41) is 9.36. The molecule has 0 spiro atoms. The topological polar surface area (TPSA) is 93.1 Å². The van der Waals surface area contributed by atoms with Gasteiger partial charge in [-0.1, -0.05) is 18.2 Å². The fourth-order valence-electron chi connectivity index (χ4n) is 2.49. The van der Waals surface area contributed by atoms with Gasteiger partial charge in [0.2, 0.25) is 5.91 Å². The predicted octanol–water partition coefficient (Wildman–Crippen LogP) is 1.58. The number of benzene rings is 2. The zero-order valence-corrected chi connectivity index (χ0v) is 14.1. The molecule has 0 atom stereocenters. The third-order valence-corrected chi connectivity index (χ3v) is 3.78. The summed E-state index contributed by atoms with van der Waals surface area (Å²) in [5.41, 5.74) is -0.301. The number of halogens is 2. The summed E-state index contributed by atoms with van der Waals surface area (Å²) in [7, 11) is 1.42.